The summed E-state index contributed by atoms with van der Waals surface area (Å²) in [5.74, 6) is -1.06. The SMILES string of the molecule is O=S(=O)(O)CNS(=O)(=O)c1ccc(N2CCN(CCC3OCCc4ccccc43)CC2)cc1. The zero-order valence-electron chi connectivity index (χ0n) is 18.3. The molecule has 0 saturated carbocycles. The molecule has 0 amide bonds. The minimum absolute atomic E-state index is 0.0544. The molecule has 0 bridgehead atoms. The lowest BCUT2D eigenvalue weighted by Gasteiger charge is -2.37. The van der Waals surface area contributed by atoms with Gasteiger partial charge >= 0.3 is 0 Å². The predicted molar refractivity (Wildman–Crippen MR) is 125 cm³/mol. The maximum Gasteiger partial charge on any atom is 0.279 e. The van der Waals surface area contributed by atoms with Gasteiger partial charge in [0.25, 0.3) is 10.1 Å². The van der Waals surface area contributed by atoms with Gasteiger partial charge in [0.05, 0.1) is 17.6 Å². The van der Waals surface area contributed by atoms with Gasteiger partial charge in [-0.15, -0.1) is 0 Å². The molecule has 4 rings (SSSR count). The highest BCUT2D eigenvalue weighted by Crippen LogP contribution is 2.30. The molecular formula is C22H29N3O6S2. The van der Waals surface area contributed by atoms with Crippen molar-refractivity contribution >= 4 is 25.8 Å². The van der Waals surface area contributed by atoms with Crippen molar-refractivity contribution in [3.8, 4) is 0 Å². The number of ether oxygens (including phenoxy) is 1. The first-order valence-corrected chi connectivity index (χ1v) is 14.0. The van der Waals surface area contributed by atoms with Gasteiger partial charge < -0.3 is 9.64 Å². The Hall–Kier alpha value is -2.02. The third-order valence-corrected chi connectivity index (χ3v) is 8.22. The Labute approximate surface area is 195 Å². The lowest BCUT2D eigenvalue weighted by Crippen LogP contribution is -2.47. The van der Waals surface area contributed by atoms with Gasteiger partial charge in [-0.25, -0.2) is 8.42 Å². The van der Waals surface area contributed by atoms with Crippen molar-refractivity contribution in [2.24, 2.45) is 0 Å². The number of sulfonamides is 1. The molecule has 1 atom stereocenters. The van der Waals surface area contributed by atoms with Crippen LogP contribution in [0.1, 0.15) is 23.7 Å². The van der Waals surface area contributed by atoms with Crippen molar-refractivity contribution in [1.82, 2.24) is 9.62 Å². The molecule has 0 spiro atoms. The van der Waals surface area contributed by atoms with E-state index in [-0.39, 0.29) is 11.0 Å². The molecule has 33 heavy (non-hydrogen) atoms. The Morgan fingerprint density at radius 1 is 0.970 bits per heavy atom. The molecule has 2 aliphatic rings. The number of benzene rings is 2. The topological polar surface area (TPSA) is 116 Å². The summed E-state index contributed by atoms with van der Waals surface area (Å²) in [4.78, 5) is 4.57. The average Bonchev–Trinajstić information content (AvgIpc) is 2.81. The van der Waals surface area contributed by atoms with Gasteiger partial charge in [0, 0.05) is 38.4 Å². The summed E-state index contributed by atoms with van der Waals surface area (Å²) in [7, 11) is -8.45. The zero-order chi connectivity index (χ0) is 23.5. The summed E-state index contributed by atoms with van der Waals surface area (Å²) in [5.41, 5.74) is 3.61. The molecule has 2 aromatic rings. The maximum atomic E-state index is 12.2. The van der Waals surface area contributed by atoms with Crippen molar-refractivity contribution in [3.05, 3.63) is 59.7 Å². The minimum atomic E-state index is -4.43. The summed E-state index contributed by atoms with van der Waals surface area (Å²) in [6, 6.07) is 14.8. The van der Waals surface area contributed by atoms with Gasteiger partial charge in [-0.05, 0) is 48.2 Å². The lowest BCUT2D eigenvalue weighted by molar-refractivity contribution is 0.0289. The summed E-state index contributed by atoms with van der Waals surface area (Å²) in [6.07, 6.45) is 2.08. The van der Waals surface area contributed by atoms with Crippen LogP contribution in [0.3, 0.4) is 0 Å². The highest BCUT2D eigenvalue weighted by Gasteiger charge is 2.23. The van der Waals surface area contributed by atoms with Crippen LogP contribution in [0.5, 0.6) is 0 Å². The number of rotatable bonds is 8. The second-order valence-electron chi connectivity index (χ2n) is 8.29. The standard InChI is InChI=1S/C22H29N3O6S2/c26-32(27,28)17-23-33(29,30)20-7-5-19(6-8-20)25-14-12-24(13-15-25)11-9-22-21-4-2-1-3-18(21)10-16-31-22/h1-8,22-23H,9-17H2,(H,26,27,28). The number of anilines is 1. The van der Waals surface area contributed by atoms with Crippen molar-refractivity contribution in [2.45, 2.75) is 23.8 Å². The number of hydrogen-bond acceptors (Lipinski definition) is 7. The highest BCUT2D eigenvalue weighted by molar-refractivity contribution is 7.91. The molecule has 1 unspecified atom stereocenters. The van der Waals surface area contributed by atoms with E-state index in [2.05, 4.69) is 34.1 Å². The largest absolute Gasteiger partial charge is 0.373 e. The Kier molecular flexibility index (Phi) is 7.37. The number of nitrogens with one attached hydrogen (secondary N) is 1. The van der Waals surface area contributed by atoms with Crippen LogP contribution in [0.15, 0.2) is 53.4 Å². The van der Waals surface area contributed by atoms with E-state index < -0.39 is 26.0 Å². The van der Waals surface area contributed by atoms with Crippen molar-refractivity contribution in [3.63, 3.8) is 0 Å². The monoisotopic (exact) mass is 495 g/mol. The van der Waals surface area contributed by atoms with Crippen LogP contribution in [0.25, 0.3) is 0 Å². The van der Waals surface area contributed by atoms with E-state index in [9.17, 15) is 16.8 Å². The number of nitrogens with zero attached hydrogens (tertiary/aromatic N) is 2. The first-order chi connectivity index (χ1) is 15.7. The van der Waals surface area contributed by atoms with Crippen molar-refractivity contribution < 1.29 is 26.1 Å². The zero-order valence-corrected chi connectivity index (χ0v) is 19.9. The van der Waals surface area contributed by atoms with Crippen molar-refractivity contribution in [2.75, 3.05) is 50.1 Å². The molecule has 180 valence electrons. The van der Waals surface area contributed by atoms with E-state index in [1.165, 1.54) is 23.3 Å². The van der Waals surface area contributed by atoms with Gasteiger partial charge in [-0.2, -0.15) is 13.1 Å². The first-order valence-electron chi connectivity index (χ1n) is 10.9. The van der Waals surface area contributed by atoms with Gasteiger partial charge in [0.1, 0.15) is 5.88 Å². The Balaban J connectivity index is 1.28. The van der Waals surface area contributed by atoms with E-state index in [1.54, 1.807) is 12.1 Å². The van der Waals surface area contributed by atoms with E-state index >= 15 is 0 Å². The molecule has 2 aromatic carbocycles. The molecule has 2 aliphatic heterocycles. The Morgan fingerprint density at radius 2 is 1.67 bits per heavy atom. The van der Waals surface area contributed by atoms with Crippen LogP contribution < -0.4 is 9.62 Å². The van der Waals surface area contributed by atoms with E-state index in [4.69, 9.17) is 9.29 Å². The third kappa shape index (κ3) is 6.31. The Bertz CT molecular complexity index is 1160. The third-order valence-electron chi connectivity index (χ3n) is 6.12. The van der Waals surface area contributed by atoms with Crippen LogP contribution >= 0.6 is 0 Å². The van der Waals surface area contributed by atoms with Crippen molar-refractivity contribution in [1.29, 1.82) is 0 Å². The second kappa shape index (κ2) is 10.1. The summed E-state index contributed by atoms with van der Waals surface area (Å²) in [5, 5.41) is 0. The van der Waals surface area contributed by atoms with Gasteiger partial charge in [-0.1, -0.05) is 24.3 Å². The number of hydrogen-bond donors (Lipinski definition) is 2. The molecule has 1 fully saturated rings. The van der Waals surface area contributed by atoms with E-state index in [0.717, 1.165) is 57.9 Å². The molecule has 0 aromatic heterocycles. The second-order valence-corrected chi connectivity index (χ2v) is 11.5. The fourth-order valence-electron chi connectivity index (χ4n) is 4.32. The van der Waals surface area contributed by atoms with Gasteiger partial charge in [0.15, 0.2) is 0 Å². The lowest BCUT2D eigenvalue weighted by atomic mass is 9.95. The van der Waals surface area contributed by atoms with Gasteiger partial charge in [0.2, 0.25) is 10.0 Å². The van der Waals surface area contributed by atoms with Crippen LogP contribution in [-0.4, -0.2) is 71.5 Å². The average molecular weight is 496 g/mol. The van der Waals surface area contributed by atoms with Crippen LogP contribution in [0.4, 0.5) is 5.69 Å². The maximum absolute atomic E-state index is 12.2. The molecule has 1 saturated heterocycles. The first kappa shape index (κ1) is 24.1. The smallest absolute Gasteiger partial charge is 0.279 e. The fourth-order valence-corrected chi connectivity index (χ4v) is 6.19. The van der Waals surface area contributed by atoms with Crippen LogP contribution in [0.2, 0.25) is 0 Å². The van der Waals surface area contributed by atoms with E-state index in [0.29, 0.717) is 0 Å². The molecule has 9 nitrogen and oxygen atoms in total. The van der Waals surface area contributed by atoms with Gasteiger partial charge in [-0.3, -0.25) is 9.45 Å². The molecule has 2 N–H and O–H groups in total. The Morgan fingerprint density at radius 3 is 2.36 bits per heavy atom. The number of piperazine rings is 1. The molecule has 2 heterocycles. The molecule has 11 heteroatoms. The molecular weight excluding hydrogens is 466 g/mol. The normalized spacial score (nSPS) is 19.9. The highest BCUT2D eigenvalue weighted by atomic mass is 32.2. The quantitative estimate of drug-likeness (QED) is 0.531. The fraction of sp³-hybridized carbons (Fsp3) is 0.455. The molecule has 0 radical (unpaired) electrons. The van der Waals surface area contributed by atoms with Crippen LogP contribution in [0, 0.1) is 0 Å². The molecule has 0 aliphatic carbocycles. The summed E-state index contributed by atoms with van der Waals surface area (Å²) >= 11 is 0. The number of fused-ring (bicyclic) bond motifs is 1. The minimum Gasteiger partial charge on any atom is -0.373 e. The predicted octanol–water partition coefficient (Wildman–Crippen LogP) is 1.64. The van der Waals surface area contributed by atoms with E-state index in [1.807, 2.05) is 4.72 Å². The summed E-state index contributed by atoms with van der Waals surface area (Å²) in [6.45, 7) is 5.20. The van der Waals surface area contributed by atoms with Crippen LogP contribution in [-0.2, 0) is 31.3 Å². The summed E-state index contributed by atoms with van der Waals surface area (Å²) < 4.78 is 62.6.